The topological polar surface area (TPSA) is 43.6 Å². The first-order chi connectivity index (χ1) is 8.17. The molecule has 0 radical (unpaired) electrons. The van der Waals surface area contributed by atoms with Gasteiger partial charge in [0.1, 0.15) is 16.0 Å². The Morgan fingerprint density at radius 2 is 1.82 bits per heavy atom. The standard InChI is InChI=1S/C11H12Cl2N4/c1-3-7-9(12)15-11(16-10(7)13)8-5-6-14-17(8)4-2/h5-6H,3-4H2,1-2H3. The highest BCUT2D eigenvalue weighted by Crippen LogP contribution is 2.25. The van der Waals surface area contributed by atoms with Gasteiger partial charge in [0.05, 0.1) is 0 Å². The quantitative estimate of drug-likeness (QED) is 0.805. The fraction of sp³-hybridized carbons (Fsp3) is 0.364. The van der Waals surface area contributed by atoms with Crippen LogP contribution >= 0.6 is 23.2 Å². The van der Waals surface area contributed by atoms with Gasteiger partial charge in [0.2, 0.25) is 0 Å². The zero-order chi connectivity index (χ0) is 12.4. The molecule has 2 rings (SSSR count). The van der Waals surface area contributed by atoms with Gasteiger partial charge in [0.15, 0.2) is 5.82 Å². The molecule has 90 valence electrons. The summed E-state index contributed by atoms with van der Waals surface area (Å²) in [5.41, 5.74) is 1.60. The summed E-state index contributed by atoms with van der Waals surface area (Å²) in [5, 5.41) is 4.98. The predicted octanol–water partition coefficient (Wildman–Crippen LogP) is 3.23. The number of halogens is 2. The van der Waals surface area contributed by atoms with Crippen molar-refractivity contribution in [3.8, 4) is 11.5 Å². The summed E-state index contributed by atoms with van der Waals surface area (Å²) >= 11 is 12.2. The van der Waals surface area contributed by atoms with E-state index in [-0.39, 0.29) is 0 Å². The average Bonchev–Trinajstić information content (AvgIpc) is 2.76. The molecule has 0 saturated carbocycles. The van der Waals surface area contributed by atoms with Crippen LogP contribution in [0.15, 0.2) is 12.3 Å². The van der Waals surface area contributed by atoms with E-state index >= 15 is 0 Å². The molecule has 4 nitrogen and oxygen atoms in total. The summed E-state index contributed by atoms with van der Waals surface area (Å²) in [4.78, 5) is 8.53. The largest absolute Gasteiger partial charge is 0.262 e. The molecular formula is C11H12Cl2N4. The minimum absolute atomic E-state index is 0.409. The minimum Gasteiger partial charge on any atom is -0.262 e. The lowest BCUT2D eigenvalue weighted by Gasteiger charge is -2.07. The van der Waals surface area contributed by atoms with E-state index in [0.29, 0.717) is 22.6 Å². The summed E-state index contributed by atoms with van der Waals surface area (Å²) in [7, 11) is 0. The van der Waals surface area contributed by atoms with Gasteiger partial charge in [0, 0.05) is 18.3 Å². The van der Waals surface area contributed by atoms with Crippen LogP contribution in [0.2, 0.25) is 10.3 Å². The first-order valence-corrected chi connectivity index (χ1v) is 6.17. The van der Waals surface area contributed by atoms with Crippen LogP contribution in [0.4, 0.5) is 0 Å². The van der Waals surface area contributed by atoms with E-state index < -0.39 is 0 Å². The smallest absolute Gasteiger partial charge is 0.180 e. The highest BCUT2D eigenvalue weighted by Gasteiger charge is 2.13. The van der Waals surface area contributed by atoms with Gasteiger partial charge in [0.25, 0.3) is 0 Å². The number of hydrogen-bond acceptors (Lipinski definition) is 3. The van der Waals surface area contributed by atoms with Crippen molar-refractivity contribution in [1.82, 2.24) is 19.7 Å². The molecule has 0 unspecified atom stereocenters. The minimum atomic E-state index is 0.409. The second-order valence-electron chi connectivity index (χ2n) is 3.49. The van der Waals surface area contributed by atoms with Crippen molar-refractivity contribution < 1.29 is 0 Å². The molecule has 0 fully saturated rings. The summed E-state index contributed by atoms with van der Waals surface area (Å²) in [6, 6.07) is 1.84. The Balaban J connectivity index is 2.54. The Kier molecular flexibility index (Phi) is 3.64. The van der Waals surface area contributed by atoms with Crippen LogP contribution in [0.25, 0.3) is 11.5 Å². The highest BCUT2D eigenvalue weighted by molar-refractivity contribution is 6.34. The van der Waals surface area contributed by atoms with E-state index in [9.17, 15) is 0 Å². The molecule has 0 saturated heterocycles. The zero-order valence-corrected chi connectivity index (χ0v) is 11.1. The van der Waals surface area contributed by atoms with Crippen molar-refractivity contribution in [2.24, 2.45) is 0 Å². The van der Waals surface area contributed by atoms with Crippen LogP contribution < -0.4 is 0 Å². The molecule has 2 aromatic rings. The predicted molar refractivity (Wildman–Crippen MR) is 68.3 cm³/mol. The second kappa shape index (κ2) is 5.02. The van der Waals surface area contributed by atoms with Crippen LogP contribution in [-0.4, -0.2) is 19.7 Å². The molecule has 0 spiro atoms. The Hall–Kier alpha value is -1.13. The third-order valence-corrected chi connectivity index (χ3v) is 3.13. The fourth-order valence-electron chi connectivity index (χ4n) is 1.61. The summed E-state index contributed by atoms with van der Waals surface area (Å²) in [6.07, 6.45) is 2.42. The van der Waals surface area contributed by atoms with E-state index in [1.54, 1.807) is 10.9 Å². The van der Waals surface area contributed by atoms with Gasteiger partial charge in [-0.05, 0) is 19.4 Å². The Morgan fingerprint density at radius 1 is 1.18 bits per heavy atom. The molecule has 17 heavy (non-hydrogen) atoms. The van der Waals surface area contributed by atoms with Crippen molar-refractivity contribution in [2.75, 3.05) is 0 Å². The Bertz CT molecular complexity index is 513. The van der Waals surface area contributed by atoms with Crippen LogP contribution in [-0.2, 0) is 13.0 Å². The monoisotopic (exact) mass is 270 g/mol. The zero-order valence-electron chi connectivity index (χ0n) is 9.61. The van der Waals surface area contributed by atoms with E-state index in [2.05, 4.69) is 15.1 Å². The maximum absolute atomic E-state index is 6.08. The maximum atomic E-state index is 6.08. The lowest BCUT2D eigenvalue weighted by Crippen LogP contribution is -2.03. The van der Waals surface area contributed by atoms with Gasteiger partial charge in [-0.1, -0.05) is 30.1 Å². The summed E-state index contributed by atoms with van der Waals surface area (Å²) in [6.45, 7) is 4.71. The number of aromatic nitrogens is 4. The lowest BCUT2D eigenvalue weighted by atomic mass is 10.2. The van der Waals surface area contributed by atoms with E-state index in [1.807, 2.05) is 19.9 Å². The van der Waals surface area contributed by atoms with E-state index in [0.717, 1.165) is 17.8 Å². The first kappa shape index (κ1) is 12.3. The van der Waals surface area contributed by atoms with Gasteiger partial charge >= 0.3 is 0 Å². The van der Waals surface area contributed by atoms with Crippen LogP contribution in [0.3, 0.4) is 0 Å². The number of hydrogen-bond donors (Lipinski definition) is 0. The molecule has 2 aromatic heterocycles. The highest BCUT2D eigenvalue weighted by atomic mass is 35.5. The molecule has 0 N–H and O–H groups in total. The molecular weight excluding hydrogens is 259 g/mol. The van der Waals surface area contributed by atoms with Crippen molar-refractivity contribution in [3.63, 3.8) is 0 Å². The molecule has 0 aromatic carbocycles. The average molecular weight is 271 g/mol. The SMILES string of the molecule is CCc1c(Cl)nc(-c2ccnn2CC)nc1Cl. The third-order valence-electron chi connectivity index (χ3n) is 2.50. The fourth-order valence-corrected chi connectivity index (χ4v) is 2.27. The first-order valence-electron chi connectivity index (χ1n) is 5.41. The van der Waals surface area contributed by atoms with Gasteiger partial charge in [-0.2, -0.15) is 5.10 Å². The molecule has 0 bridgehead atoms. The molecule has 0 aliphatic heterocycles. The molecule has 2 heterocycles. The Labute approximate surface area is 110 Å². The summed E-state index contributed by atoms with van der Waals surface area (Å²) < 4.78 is 1.80. The van der Waals surface area contributed by atoms with E-state index in [4.69, 9.17) is 23.2 Å². The normalized spacial score (nSPS) is 10.8. The van der Waals surface area contributed by atoms with Crippen LogP contribution in [0, 0.1) is 0 Å². The molecule has 0 aliphatic rings. The number of nitrogens with zero attached hydrogens (tertiary/aromatic N) is 4. The lowest BCUT2D eigenvalue weighted by molar-refractivity contribution is 0.663. The van der Waals surface area contributed by atoms with E-state index in [1.165, 1.54) is 0 Å². The molecule has 0 atom stereocenters. The van der Waals surface area contributed by atoms with Crippen LogP contribution in [0.1, 0.15) is 19.4 Å². The molecule has 6 heteroatoms. The van der Waals surface area contributed by atoms with Crippen molar-refractivity contribution in [1.29, 1.82) is 0 Å². The number of rotatable bonds is 3. The Morgan fingerprint density at radius 3 is 2.35 bits per heavy atom. The van der Waals surface area contributed by atoms with Crippen molar-refractivity contribution in [2.45, 2.75) is 26.8 Å². The van der Waals surface area contributed by atoms with Gasteiger partial charge in [-0.25, -0.2) is 9.97 Å². The second-order valence-corrected chi connectivity index (χ2v) is 4.21. The van der Waals surface area contributed by atoms with Crippen molar-refractivity contribution >= 4 is 23.2 Å². The van der Waals surface area contributed by atoms with Crippen molar-refractivity contribution in [3.05, 3.63) is 28.1 Å². The van der Waals surface area contributed by atoms with Gasteiger partial charge < -0.3 is 0 Å². The molecule has 0 amide bonds. The number of aryl methyl sites for hydroxylation is 1. The molecule has 0 aliphatic carbocycles. The van der Waals surface area contributed by atoms with Crippen LogP contribution in [0.5, 0.6) is 0 Å². The third kappa shape index (κ3) is 2.28. The maximum Gasteiger partial charge on any atom is 0.180 e. The van der Waals surface area contributed by atoms with Gasteiger partial charge in [-0.15, -0.1) is 0 Å². The van der Waals surface area contributed by atoms with Gasteiger partial charge in [-0.3, -0.25) is 4.68 Å². The summed E-state index contributed by atoms with van der Waals surface area (Å²) in [5.74, 6) is 0.511.